The molecule has 0 heterocycles. The van der Waals surface area contributed by atoms with Gasteiger partial charge in [-0.05, 0) is 24.2 Å². The Bertz CT molecular complexity index is 293. The Morgan fingerprint density at radius 3 is 2.50 bits per heavy atom. The van der Waals surface area contributed by atoms with Crippen molar-refractivity contribution in [1.29, 1.82) is 0 Å². The van der Waals surface area contributed by atoms with Gasteiger partial charge in [-0.1, -0.05) is 19.1 Å². The standard InChI is InChI=1S/C11H15NO2/c1-3-12-8-9-4-6-10(7-5-9)11(13)14-2/h4-7,12H,3,8H2,1-2H3. The highest BCUT2D eigenvalue weighted by Gasteiger charge is 2.03. The zero-order valence-corrected chi connectivity index (χ0v) is 8.54. The molecule has 0 aliphatic rings. The van der Waals surface area contributed by atoms with E-state index in [1.54, 1.807) is 12.1 Å². The Labute approximate surface area is 84.1 Å². The Morgan fingerprint density at radius 1 is 1.36 bits per heavy atom. The number of carbonyl (C=O) groups is 1. The van der Waals surface area contributed by atoms with Crippen molar-refractivity contribution in [2.75, 3.05) is 13.7 Å². The van der Waals surface area contributed by atoms with Crippen molar-refractivity contribution < 1.29 is 9.53 Å². The van der Waals surface area contributed by atoms with E-state index in [2.05, 4.69) is 17.0 Å². The van der Waals surface area contributed by atoms with Crippen LogP contribution in [-0.2, 0) is 11.3 Å². The number of methoxy groups -OCH3 is 1. The van der Waals surface area contributed by atoms with Crippen LogP contribution in [0.3, 0.4) is 0 Å². The van der Waals surface area contributed by atoms with Gasteiger partial charge in [0.1, 0.15) is 0 Å². The summed E-state index contributed by atoms with van der Waals surface area (Å²) in [6.45, 7) is 3.83. The van der Waals surface area contributed by atoms with E-state index in [0.29, 0.717) is 5.56 Å². The zero-order valence-electron chi connectivity index (χ0n) is 8.54. The quantitative estimate of drug-likeness (QED) is 0.738. The van der Waals surface area contributed by atoms with Crippen molar-refractivity contribution in [3.8, 4) is 0 Å². The predicted octanol–water partition coefficient (Wildman–Crippen LogP) is 1.58. The third kappa shape index (κ3) is 2.85. The summed E-state index contributed by atoms with van der Waals surface area (Å²) >= 11 is 0. The molecule has 0 saturated heterocycles. The molecule has 0 aliphatic heterocycles. The minimum Gasteiger partial charge on any atom is -0.465 e. The highest BCUT2D eigenvalue weighted by atomic mass is 16.5. The van der Waals surface area contributed by atoms with Gasteiger partial charge in [-0.25, -0.2) is 4.79 Å². The Morgan fingerprint density at radius 2 is 2.00 bits per heavy atom. The molecule has 1 aromatic carbocycles. The lowest BCUT2D eigenvalue weighted by Crippen LogP contribution is -2.11. The first kappa shape index (κ1) is 10.7. The maximum Gasteiger partial charge on any atom is 0.337 e. The SMILES string of the molecule is CCNCc1ccc(C(=O)OC)cc1. The van der Waals surface area contributed by atoms with Crippen LogP contribution in [0.25, 0.3) is 0 Å². The molecule has 1 N–H and O–H groups in total. The van der Waals surface area contributed by atoms with Crippen molar-refractivity contribution in [2.24, 2.45) is 0 Å². The van der Waals surface area contributed by atoms with Gasteiger partial charge in [0, 0.05) is 6.54 Å². The van der Waals surface area contributed by atoms with Crippen molar-refractivity contribution >= 4 is 5.97 Å². The van der Waals surface area contributed by atoms with Crippen molar-refractivity contribution in [1.82, 2.24) is 5.32 Å². The van der Waals surface area contributed by atoms with Crippen LogP contribution in [0.5, 0.6) is 0 Å². The van der Waals surface area contributed by atoms with Gasteiger partial charge in [0.25, 0.3) is 0 Å². The van der Waals surface area contributed by atoms with Gasteiger partial charge in [-0.15, -0.1) is 0 Å². The number of hydrogen-bond acceptors (Lipinski definition) is 3. The molecule has 0 bridgehead atoms. The van der Waals surface area contributed by atoms with Crippen molar-refractivity contribution in [3.05, 3.63) is 35.4 Å². The monoisotopic (exact) mass is 193 g/mol. The highest BCUT2D eigenvalue weighted by Crippen LogP contribution is 2.05. The fourth-order valence-corrected chi connectivity index (χ4v) is 1.15. The molecule has 0 radical (unpaired) electrons. The average molecular weight is 193 g/mol. The van der Waals surface area contributed by atoms with E-state index in [1.807, 2.05) is 12.1 Å². The van der Waals surface area contributed by atoms with Gasteiger partial charge in [0.05, 0.1) is 12.7 Å². The van der Waals surface area contributed by atoms with Crippen LogP contribution in [0.2, 0.25) is 0 Å². The molecule has 3 nitrogen and oxygen atoms in total. The third-order valence-corrected chi connectivity index (χ3v) is 1.95. The van der Waals surface area contributed by atoms with Gasteiger partial charge in [0.15, 0.2) is 0 Å². The van der Waals surface area contributed by atoms with Crippen LogP contribution in [0.1, 0.15) is 22.8 Å². The van der Waals surface area contributed by atoms with E-state index < -0.39 is 0 Å². The van der Waals surface area contributed by atoms with Gasteiger partial charge in [0.2, 0.25) is 0 Å². The number of nitrogens with one attached hydrogen (secondary N) is 1. The van der Waals surface area contributed by atoms with Gasteiger partial charge >= 0.3 is 5.97 Å². The van der Waals surface area contributed by atoms with Crippen molar-refractivity contribution in [3.63, 3.8) is 0 Å². The first-order chi connectivity index (χ1) is 6.77. The lowest BCUT2D eigenvalue weighted by molar-refractivity contribution is 0.0600. The first-order valence-corrected chi connectivity index (χ1v) is 4.66. The second-order valence-corrected chi connectivity index (χ2v) is 2.97. The summed E-state index contributed by atoms with van der Waals surface area (Å²) in [5, 5.41) is 3.21. The Kier molecular flexibility index (Phi) is 4.13. The molecule has 14 heavy (non-hydrogen) atoms. The normalized spacial score (nSPS) is 9.86. The van der Waals surface area contributed by atoms with Crippen LogP contribution >= 0.6 is 0 Å². The molecule has 1 rings (SSSR count). The zero-order chi connectivity index (χ0) is 10.4. The molecule has 1 aromatic rings. The predicted molar refractivity (Wildman–Crippen MR) is 55.2 cm³/mol. The summed E-state index contributed by atoms with van der Waals surface area (Å²) in [7, 11) is 1.38. The molecule has 0 atom stereocenters. The number of carbonyl (C=O) groups excluding carboxylic acids is 1. The second-order valence-electron chi connectivity index (χ2n) is 2.97. The molecular formula is C11H15NO2. The topological polar surface area (TPSA) is 38.3 Å². The van der Waals surface area contributed by atoms with E-state index in [4.69, 9.17) is 0 Å². The number of hydrogen-bond donors (Lipinski definition) is 1. The summed E-state index contributed by atoms with van der Waals surface area (Å²) < 4.78 is 4.60. The van der Waals surface area contributed by atoms with Crippen molar-refractivity contribution in [2.45, 2.75) is 13.5 Å². The summed E-state index contributed by atoms with van der Waals surface area (Å²) in [5.41, 5.74) is 1.76. The lowest BCUT2D eigenvalue weighted by Gasteiger charge is -2.03. The number of benzene rings is 1. The fraction of sp³-hybridized carbons (Fsp3) is 0.364. The molecule has 0 spiro atoms. The molecule has 0 aromatic heterocycles. The van der Waals surface area contributed by atoms with E-state index in [-0.39, 0.29) is 5.97 Å². The molecular weight excluding hydrogens is 178 g/mol. The molecule has 3 heteroatoms. The minimum atomic E-state index is -0.292. The van der Waals surface area contributed by atoms with Crippen LogP contribution in [0, 0.1) is 0 Å². The van der Waals surface area contributed by atoms with Gasteiger partial charge in [-0.3, -0.25) is 0 Å². The molecule has 0 unspecified atom stereocenters. The van der Waals surface area contributed by atoms with Crippen LogP contribution in [0.4, 0.5) is 0 Å². The molecule has 0 aliphatic carbocycles. The maximum absolute atomic E-state index is 11.1. The van der Waals surface area contributed by atoms with E-state index in [1.165, 1.54) is 12.7 Å². The average Bonchev–Trinajstić information content (AvgIpc) is 2.26. The number of ether oxygens (including phenoxy) is 1. The fourth-order valence-electron chi connectivity index (χ4n) is 1.15. The molecule has 0 amide bonds. The summed E-state index contributed by atoms with van der Waals surface area (Å²) in [4.78, 5) is 11.1. The summed E-state index contributed by atoms with van der Waals surface area (Å²) in [6.07, 6.45) is 0. The van der Waals surface area contributed by atoms with E-state index in [0.717, 1.165) is 13.1 Å². The number of rotatable bonds is 4. The van der Waals surface area contributed by atoms with Gasteiger partial charge in [-0.2, -0.15) is 0 Å². The van der Waals surface area contributed by atoms with Crippen LogP contribution in [0.15, 0.2) is 24.3 Å². The summed E-state index contributed by atoms with van der Waals surface area (Å²) in [5.74, 6) is -0.292. The Hall–Kier alpha value is -1.35. The smallest absolute Gasteiger partial charge is 0.337 e. The van der Waals surface area contributed by atoms with Crippen LogP contribution < -0.4 is 5.32 Å². The minimum absolute atomic E-state index is 0.292. The van der Waals surface area contributed by atoms with Gasteiger partial charge < -0.3 is 10.1 Å². The van der Waals surface area contributed by atoms with E-state index >= 15 is 0 Å². The number of esters is 1. The second kappa shape index (κ2) is 5.40. The Balaban J connectivity index is 2.63. The van der Waals surface area contributed by atoms with E-state index in [9.17, 15) is 4.79 Å². The first-order valence-electron chi connectivity index (χ1n) is 4.66. The largest absolute Gasteiger partial charge is 0.465 e. The third-order valence-electron chi connectivity index (χ3n) is 1.95. The summed E-state index contributed by atoms with van der Waals surface area (Å²) in [6, 6.07) is 7.40. The molecule has 0 saturated carbocycles. The lowest BCUT2D eigenvalue weighted by atomic mass is 10.1. The highest BCUT2D eigenvalue weighted by molar-refractivity contribution is 5.89. The molecule has 0 fully saturated rings. The maximum atomic E-state index is 11.1. The van der Waals surface area contributed by atoms with Crippen LogP contribution in [-0.4, -0.2) is 19.6 Å². The molecule has 76 valence electrons.